The lowest BCUT2D eigenvalue weighted by Crippen LogP contribution is -2.22. The Morgan fingerprint density at radius 1 is 1.62 bits per heavy atom. The molecule has 1 fully saturated rings. The minimum Gasteiger partial charge on any atom is -0.309 e. The lowest BCUT2D eigenvalue weighted by Gasteiger charge is -2.07. The van der Waals surface area contributed by atoms with Crippen LogP contribution in [0.15, 0.2) is 5.38 Å². The Balaban J connectivity index is 1.91. The monoisotopic (exact) mass is 239 g/mol. The fraction of sp³-hybridized carbons (Fsp3) is 0.750. The molecule has 0 saturated carbocycles. The molecule has 1 aromatic heterocycles. The molecule has 0 bridgehead atoms. The molecular weight excluding hydrogens is 218 g/mol. The van der Waals surface area contributed by atoms with Crippen LogP contribution in [-0.2, 0) is 6.54 Å². The van der Waals surface area contributed by atoms with Gasteiger partial charge in [0.2, 0.25) is 0 Å². The van der Waals surface area contributed by atoms with Crippen LogP contribution in [-0.4, -0.2) is 36.1 Å². The molecule has 90 valence electrons. The second kappa shape index (κ2) is 5.25. The van der Waals surface area contributed by atoms with Gasteiger partial charge in [0.1, 0.15) is 0 Å². The molecule has 1 atom stereocenters. The fourth-order valence-corrected chi connectivity index (χ4v) is 2.98. The van der Waals surface area contributed by atoms with E-state index in [1.807, 2.05) is 11.3 Å². The molecule has 3 nitrogen and oxygen atoms in total. The summed E-state index contributed by atoms with van der Waals surface area (Å²) in [6.07, 6.45) is 1.26. The molecule has 0 radical (unpaired) electrons. The van der Waals surface area contributed by atoms with Crippen LogP contribution in [0.25, 0.3) is 0 Å². The Morgan fingerprint density at radius 2 is 2.44 bits per heavy atom. The molecule has 0 aromatic carbocycles. The molecular formula is C12H21N3S. The van der Waals surface area contributed by atoms with Gasteiger partial charge in [0.05, 0.1) is 10.7 Å². The van der Waals surface area contributed by atoms with Crippen molar-refractivity contribution >= 4 is 11.3 Å². The van der Waals surface area contributed by atoms with E-state index < -0.39 is 0 Å². The minimum absolute atomic E-state index is 0.530. The van der Waals surface area contributed by atoms with Crippen molar-refractivity contribution in [3.05, 3.63) is 16.1 Å². The molecule has 1 aliphatic rings. The summed E-state index contributed by atoms with van der Waals surface area (Å²) in [4.78, 5) is 7.12. The van der Waals surface area contributed by atoms with Crippen LogP contribution >= 0.6 is 11.3 Å². The standard InChI is InChI=1S/C12H21N3S/c1-9(2)13-6-11-8-16-12(14-11)10-4-5-15(3)7-10/h8-10,13H,4-7H2,1-3H3. The van der Waals surface area contributed by atoms with E-state index in [0.29, 0.717) is 12.0 Å². The second-order valence-corrected chi connectivity index (χ2v) is 5.85. The molecule has 1 unspecified atom stereocenters. The SMILES string of the molecule is CC(C)NCc1csc(C2CCN(C)C2)n1. The maximum absolute atomic E-state index is 4.73. The average Bonchev–Trinajstić information content (AvgIpc) is 2.83. The van der Waals surface area contributed by atoms with Gasteiger partial charge >= 0.3 is 0 Å². The van der Waals surface area contributed by atoms with Gasteiger partial charge in [-0.2, -0.15) is 0 Å². The smallest absolute Gasteiger partial charge is 0.0973 e. The van der Waals surface area contributed by atoms with Crippen molar-refractivity contribution in [2.45, 2.75) is 38.8 Å². The predicted molar refractivity (Wildman–Crippen MR) is 68.9 cm³/mol. The van der Waals surface area contributed by atoms with Gasteiger partial charge in [0, 0.05) is 30.4 Å². The van der Waals surface area contributed by atoms with E-state index in [1.165, 1.54) is 30.2 Å². The van der Waals surface area contributed by atoms with Gasteiger partial charge in [-0.05, 0) is 20.0 Å². The minimum atomic E-state index is 0.530. The van der Waals surface area contributed by atoms with E-state index in [1.54, 1.807) is 0 Å². The highest BCUT2D eigenvalue weighted by molar-refractivity contribution is 7.09. The van der Waals surface area contributed by atoms with Crippen LogP contribution in [0.1, 0.15) is 36.9 Å². The van der Waals surface area contributed by atoms with Gasteiger partial charge in [0.25, 0.3) is 0 Å². The molecule has 16 heavy (non-hydrogen) atoms. The molecule has 2 rings (SSSR count). The summed E-state index contributed by atoms with van der Waals surface area (Å²) in [5, 5.41) is 6.93. The van der Waals surface area contributed by atoms with E-state index in [9.17, 15) is 0 Å². The van der Waals surface area contributed by atoms with E-state index in [4.69, 9.17) is 4.98 Å². The van der Waals surface area contributed by atoms with Gasteiger partial charge in [-0.25, -0.2) is 4.98 Å². The molecule has 0 aliphatic carbocycles. The Labute approximate surface area is 102 Å². The highest BCUT2D eigenvalue weighted by Crippen LogP contribution is 2.28. The highest BCUT2D eigenvalue weighted by Gasteiger charge is 2.23. The zero-order chi connectivity index (χ0) is 11.5. The van der Waals surface area contributed by atoms with Crippen molar-refractivity contribution in [2.24, 2.45) is 0 Å². The number of likely N-dealkylation sites (tertiary alicyclic amines) is 1. The summed E-state index contributed by atoms with van der Waals surface area (Å²) in [7, 11) is 2.19. The number of likely N-dealkylation sites (N-methyl/N-ethyl adjacent to an activating group) is 1. The van der Waals surface area contributed by atoms with Crippen LogP contribution in [0.2, 0.25) is 0 Å². The first-order chi connectivity index (χ1) is 7.65. The largest absolute Gasteiger partial charge is 0.309 e. The van der Waals surface area contributed by atoms with E-state index in [0.717, 1.165) is 6.54 Å². The third kappa shape index (κ3) is 3.03. The molecule has 4 heteroatoms. The number of nitrogens with one attached hydrogen (secondary N) is 1. The summed E-state index contributed by atoms with van der Waals surface area (Å²) in [5.74, 6) is 0.669. The number of aromatic nitrogens is 1. The highest BCUT2D eigenvalue weighted by atomic mass is 32.1. The molecule has 1 N–H and O–H groups in total. The van der Waals surface area contributed by atoms with E-state index >= 15 is 0 Å². The van der Waals surface area contributed by atoms with Gasteiger partial charge in [-0.15, -0.1) is 11.3 Å². The van der Waals surface area contributed by atoms with Crippen LogP contribution < -0.4 is 5.32 Å². The first kappa shape index (κ1) is 12.0. The third-order valence-electron chi connectivity index (χ3n) is 3.00. The third-order valence-corrected chi connectivity index (χ3v) is 4.06. The van der Waals surface area contributed by atoms with Gasteiger partial charge < -0.3 is 10.2 Å². The van der Waals surface area contributed by atoms with Crippen LogP contribution in [0.4, 0.5) is 0 Å². The number of rotatable bonds is 4. The summed E-state index contributed by atoms with van der Waals surface area (Å²) >= 11 is 1.82. The Kier molecular flexibility index (Phi) is 3.95. The Hall–Kier alpha value is -0.450. The van der Waals surface area contributed by atoms with Crippen molar-refractivity contribution in [1.82, 2.24) is 15.2 Å². The molecule has 1 saturated heterocycles. The number of thiazole rings is 1. The number of hydrogen-bond acceptors (Lipinski definition) is 4. The van der Waals surface area contributed by atoms with E-state index in [2.05, 4.69) is 36.5 Å². The summed E-state index contributed by atoms with van der Waals surface area (Å²) in [6.45, 7) is 7.61. The molecule has 0 amide bonds. The summed E-state index contributed by atoms with van der Waals surface area (Å²) in [6, 6.07) is 0.530. The quantitative estimate of drug-likeness (QED) is 0.872. The van der Waals surface area contributed by atoms with Crippen LogP contribution in [0.3, 0.4) is 0 Å². The van der Waals surface area contributed by atoms with Crippen molar-refractivity contribution in [2.75, 3.05) is 20.1 Å². The van der Waals surface area contributed by atoms with Crippen molar-refractivity contribution in [3.63, 3.8) is 0 Å². The number of hydrogen-bond donors (Lipinski definition) is 1. The Morgan fingerprint density at radius 3 is 3.06 bits per heavy atom. The maximum Gasteiger partial charge on any atom is 0.0973 e. The predicted octanol–water partition coefficient (Wildman–Crippen LogP) is 2.06. The van der Waals surface area contributed by atoms with Crippen molar-refractivity contribution < 1.29 is 0 Å². The van der Waals surface area contributed by atoms with Crippen LogP contribution in [0.5, 0.6) is 0 Å². The normalized spacial score (nSPS) is 22.1. The molecule has 1 aliphatic heterocycles. The molecule has 0 spiro atoms. The Bertz CT molecular complexity index is 335. The van der Waals surface area contributed by atoms with E-state index in [-0.39, 0.29) is 0 Å². The first-order valence-corrected chi connectivity index (χ1v) is 6.89. The lowest BCUT2D eigenvalue weighted by molar-refractivity contribution is 0.411. The second-order valence-electron chi connectivity index (χ2n) is 4.96. The lowest BCUT2D eigenvalue weighted by atomic mass is 10.1. The summed E-state index contributed by atoms with van der Waals surface area (Å²) in [5.41, 5.74) is 1.20. The fourth-order valence-electron chi connectivity index (χ4n) is 2.04. The van der Waals surface area contributed by atoms with Gasteiger partial charge in [-0.1, -0.05) is 13.8 Å². The van der Waals surface area contributed by atoms with Crippen molar-refractivity contribution in [1.29, 1.82) is 0 Å². The first-order valence-electron chi connectivity index (χ1n) is 6.01. The summed E-state index contributed by atoms with van der Waals surface area (Å²) < 4.78 is 0. The zero-order valence-electron chi connectivity index (χ0n) is 10.4. The topological polar surface area (TPSA) is 28.2 Å². The number of nitrogens with zero attached hydrogens (tertiary/aromatic N) is 2. The van der Waals surface area contributed by atoms with Crippen LogP contribution in [0, 0.1) is 0 Å². The zero-order valence-corrected chi connectivity index (χ0v) is 11.2. The molecule has 2 heterocycles. The molecule has 1 aromatic rings. The van der Waals surface area contributed by atoms with Gasteiger partial charge in [-0.3, -0.25) is 0 Å². The average molecular weight is 239 g/mol. The van der Waals surface area contributed by atoms with Gasteiger partial charge in [0.15, 0.2) is 0 Å². The maximum atomic E-state index is 4.73. The van der Waals surface area contributed by atoms with Crippen molar-refractivity contribution in [3.8, 4) is 0 Å².